The summed E-state index contributed by atoms with van der Waals surface area (Å²) in [7, 11) is 1.31. The largest absolute Gasteiger partial charge is 0.494 e. The van der Waals surface area contributed by atoms with E-state index in [4.69, 9.17) is 9.47 Å². The van der Waals surface area contributed by atoms with E-state index in [-0.39, 0.29) is 16.9 Å². The first-order valence-corrected chi connectivity index (χ1v) is 10.2. The molecule has 154 valence electrons. The Morgan fingerprint density at radius 1 is 1.03 bits per heavy atom. The summed E-state index contributed by atoms with van der Waals surface area (Å²) in [6.45, 7) is 8.13. The van der Waals surface area contributed by atoms with Crippen LogP contribution in [0.15, 0.2) is 46.3 Å². The number of methoxy groups -OCH3 is 2. The average molecular weight is 418 g/mol. The van der Waals surface area contributed by atoms with E-state index < -0.39 is 16.6 Å². The van der Waals surface area contributed by atoms with Crippen molar-refractivity contribution >= 4 is 10.8 Å². The van der Waals surface area contributed by atoms with Gasteiger partial charge in [0.2, 0.25) is 0 Å². The third-order valence-electron chi connectivity index (χ3n) is 4.64. The van der Waals surface area contributed by atoms with Crippen LogP contribution in [-0.4, -0.2) is 33.4 Å². The zero-order valence-corrected chi connectivity index (χ0v) is 18.1. The Morgan fingerprint density at radius 3 is 2.21 bits per heavy atom. The first kappa shape index (κ1) is 21.0. The maximum atomic E-state index is 14.0. The van der Waals surface area contributed by atoms with Gasteiger partial charge in [0.15, 0.2) is 16.6 Å². The lowest BCUT2D eigenvalue weighted by Crippen LogP contribution is -2.10. The van der Waals surface area contributed by atoms with Gasteiger partial charge in [-0.3, -0.25) is 0 Å². The van der Waals surface area contributed by atoms with Crippen LogP contribution in [0.5, 0.6) is 11.5 Å². The van der Waals surface area contributed by atoms with Gasteiger partial charge in [0.1, 0.15) is 22.2 Å². The molecule has 0 amide bonds. The molecule has 0 fully saturated rings. The molecule has 3 aromatic rings. The molecule has 1 unspecified atom stereocenters. The van der Waals surface area contributed by atoms with Gasteiger partial charge in [-0.25, -0.2) is 13.3 Å². The number of rotatable bonds is 5. The van der Waals surface area contributed by atoms with E-state index in [2.05, 4.69) is 31.1 Å². The lowest BCUT2D eigenvalue weighted by Gasteiger charge is -2.18. The molecule has 0 bridgehead atoms. The molecule has 0 aliphatic heterocycles. The molecular formula is C21H24FN3O3S. The molecule has 0 aliphatic rings. The molecule has 1 atom stereocenters. The van der Waals surface area contributed by atoms with E-state index in [1.54, 1.807) is 6.92 Å². The highest BCUT2D eigenvalue weighted by atomic mass is 32.2. The molecule has 0 N–H and O–H groups in total. The van der Waals surface area contributed by atoms with Gasteiger partial charge in [-0.2, -0.15) is 0 Å². The van der Waals surface area contributed by atoms with E-state index in [1.807, 2.05) is 24.3 Å². The molecule has 2 aromatic carbocycles. The van der Waals surface area contributed by atoms with Gasteiger partial charge in [-0.05, 0) is 30.0 Å². The Hall–Kier alpha value is -2.74. The van der Waals surface area contributed by atoms with Crippen LogP contribution in [0.4, 0.5) is 4.39 Å². The van der Waals surface area contributed by atoms with E-state index in [1.165, 1.54) is 31.0 Å². The zero-order chi connectivity index (χ0) is 21.3. The van der Waals surface area contributed by atoms with Gasteiger partial charge in [0, 0.05) is 17.0 Å². The van der Waals surface area contributed by atoms with E-state index in [9.17, 15) is 8.60 Å². The Morgan fingerprint density at radius 2 is 1.66 bits per heavy atom. The Balaban J connectivity index is 2.01. The molecule has 0 saturated heterocycles. The monoisotopic (exact) mass is 417 g/mol. The smallest absolute Gasteiger partial charge is 0.177 e. The van der Waals surface area contributed by atoms with E-state index in [0.717, 1.165) is 5.56 Å². The molecule has 1 aromatic heterocycles. The van der Waals surface area contributed by atoms with Crippen LogP contribution in [-0.2, 0) is 16.2 Å². The fourth-order valence-corrected chi connectivity index (χ4v) is 3.99. The maximum Gasteiger partial charge on any atom is 0.177 e. The minimum absolute atomic E-state index is 0.0112. The minimum atomic E-state index is -1.51. The highest BCUT2D eigenvalue weighted by Crippen LogP contribution is 2.32. The zero-order valence-electron chi connectivity index (χ0n) is 17.3. The average Bonchev–Trinajstić information content (AvgIpc) is 3.07. The van der Waals surface area contributed by atoms with Gasteiger partial charge in [-0.15, -0.1) is 5.10 Å². The van der Waals surface area contributed by atoms with Gasteiger partial charge < -0.3 is 9.47 Å². The van der Waals surface area contributed by atoms with Crippen molar-refractivity contribution in [2.45, 2.75) is 43.0 Å². The Bertz CT molecular complexity index is 1060. The van der Waals surface area contributed by atoms with Crippen molar-refractivity contribution in [1.29, 1.82) is 0 Å². The standard InChI is InChI=1S/C21H24FN3O3S/c1-13-20(29(26)15-9-7-14(8-10-15)21(2,3)4)23-24-25(13)17-12-18(27-5)16(22)11-19(17)28-6/h7-12H,1-6H3. The third-order valence-corrected chi connectivity index (χ3v) is 6.07. The van der Waals surface area contributed by atoms with Gasteiger partial charge in [0.25, 0.3) is 0 Å². The van der Waals surface area contributed by atoms with Gasteiger partial charge in [-0.1, -0.05) is 38.1 Å². The molecule has 6 nitrogen and oxygen atoms in total. The van der Waals surface area contributed by atoms with Crippen molar-refractivity contribution in [3.63, 3.8) is 0 Å². The van der Waals surface area contributed by atoms with Crippen LogP contribution in [0.2, 0.25) is 0 Å². The van der Waals surface area contributed by atoms with Crippen LogP contribution in [0.1, 0.15) is 32.0 Å². The van der Waals surface area contributed by atoms with Crippen molar-refractivity contribution in [1.82, 2.24) is 15.0 Å². The van der Waals surface area contributed by atoms with Crippen LogP contribution < -0.4 is 9.47 Å². The van der Waals surface area contributed by atoms with Gasteiger partial charge >= 0.3 is 0 Å². The van der Waals surface area contributed by atoms with Crippen LogP contribution in [0.25, 0.3) is 5.69 Å². The molecule has 0 aliphatic carbocycles. The molecule has 0 radical (unpaired) electrons. The number of aromatic nitrogens is 3. The van der Waals surface area contributed by atoms with Crippen molar-refractivity contribution < 1.29 is 18.1 Å². The molecular weight excluding hydrogens is 393 g/mol. The second-order valence-corrected chi connectivity index (χ2v) is 8.99. The summed E-state index contributed by atoms with van der Waals surface area (Å²) < 4.78 is 38.9. The fourth-order valence-electron chi connectivity index (χ4n) is 2.92. The summed E-state index contributed by atoms with van der Waals surface area (Å²) in [5, 5.41) is 8.57. The molecule has 0 saturated carbocycles. The van der Waals surface area contributed by atoms with Crippen molar-refractivity contribution in [2.75, 3.05) is 14.2 Å². The molecule has 29 heavy (non-hydrogen) atoms. The van der Waals surface area contributed by atoms with E-state index >= 15 is 0 Å². The van der Waals surface area contributed by atoms with Gasteiger partial charge in [0.05, 0.1) is 19.9 Å². The lowest BCUT2D eigenvalue weighted by molar-refractivity contribution is 0.375. The summed E-state index contributed by atoms with van der Waals surface area (Å²) in [6, 6.07) is 10.3. The van der Waals surface area contributed by atoms with Crippen molar-refractivity contribution in [3.8, 4) is 17.2 Å². The lowest BCUT2D eigenvalue weighted by atomic mass is 9.87. The quantitative estimate of drug-likeness (QED) is 0.623. The number of benzene rings is 2. The second-order valence-electron chi connectivity index (χ2n) is 7.59. The molecule has 3 rings (SSSR count). The second kappa shape index (κ2) is 7.94. The van der Waals surface area contributed by atoms with Crippen molar-refractivity contribution in [2.24, 2.45) is 0 Å². The fraction of sp³-hybridized carbons (Fsp3) is 0.333. The van der Waals surface area contributed by atoms with Crippen LogP contribution in [0.3, 0.4) is 0 Å². The first-order valence-electron chi connectivity index (χ1n) is 9.04. The molecule has 0 spiro atoms. The number of ether oxygens (including phenoxy) is 2. The highest BCUT2D eigenvalue weighted by Gasteiger charge is 2.22. The van der Waals surface area contributed by atoms with Crippen LogP contribution in [0, 0.1) is 12.7 Å². The minimum Gasteiger partial charge on any atom is -0.494 e. The summed E-state index contributed by atoms with van der Waals surface area (Å²) >= 11 is 0. The topological polar surface area (TPSA) is 66.2 Å². The summed E-state index contributed by atoms with van der Waals surface area (Å²) in [5.74, 6) is -0.229. The third kappa shape index (κ3) is 4.03. The van der Waals surface area contributed by atoms with E-state index in [0.29, 0.717) is 21.3 Å². The Kier molecular flexibility index (Phi) is 5.75. The molecule has 1 heterocycles. The highest BCUT2D eigenvalue weighted by molar-refractivity contribution is 7.85. The van der Waals surface area contributed by atoms with Crippen LogP contribution >= 0.6 is 0 Å². The maximum absolute atomic E-state index is 14.0. The molecule has 8 heteroatoms. The van der Waals surface area contributed by atoms with Crippen molar-refractivity contribution in [3.05, 3.63) is 53.5 Å². The Labute approximate surface area is 172 Å². The number of hydrogen-bond acceptors (Lipinski definition) is 5. The SMILES string of the molecule is COc1cc(-n2nnc(S(=O)c3ccc(C(C)(C)C)cc3)c2C)c(OC)cc1F. The summed E-state index contributed by atoms with van der Waals surface area (Å²) in [5.41, 5.74) is 2.18. The normalized spacial score (nSPS) is 12.7. The predicted molar refractivity (Wildman–Crippen MR) is 109 cm³/mol. The summed E-state index contributed by atoms with van der Waals surface area (Å²) in [4.78, 5) is 0.636. The number of nitrogens with zero attached hydrogens (tertiary/aromatic N) is 3. The number of halogens is 1. The summed E-state index contributed by atoms with van der Waals surface area (Å²) in [6.07, 6.45) is 0. The first-order chi connectivity index (χ1) is 13.7. The number of hydrogen-bond donors (Lipinski definition) is 0. The predicted octanol–water partition coefficient (Wildman–Crippen LogP) is 4.20.